The number of nitrogens with one attached hydrogen (secondary N) is 2. The standard InChI is InChI=1S/C34H36BrN3O5/c1-41-31-14-22(19-36-38-33(40)21-42-29-4-2-3-27(35)15-29)5-10-30(31)43-20-32(39)37-28-8-6-26(7-9-28)34-16-23-11-24(17-34)13-25(12-23)18-34/h2-10,14-15,19,23-25H,11-13,16-18,20-21H2,1H3,(H,37,39)(H,38,40)/b36-19+. The number of hydrazone groups is 1. The van der Waals surface area contributed by atoms with E-state index in [0.717, 1.165) is 27.9 Å². The van der Waals surface area contributed by atoms with Gasteiger partial charge in [0, 0.05) is 10.2 Å². The molecule has 224 valence electrons. The third-order valence-electron chi connectivity index (χ3n) is 8.93. The minimum atomic E-state index is -0.392. The van der Waals surface area contributed by atoms with Crippen LogP contribution in [0.3, 0.4) is 0 Å². The first-order chi connectivity index (χ1) is 20.9. The smallest absolute Gasteiger partial charge is 0.277 e. The first-order valence-electron chi connectivity index (χ1n) is 14.8. The molecule has 4 aliphatic carbocycles. The van der Waals surface area contributed by atoms with E-state index in [2.05, 4.69) is 43.9 Å². The van der Waals surface area contributed by atoms with Crippen LogP contribution in [0, 0.1) is 17.8 Å². The number of anilines is 1. The molecule has 4 aliphatic rings. The summed E-state index contributed by atoms with van der Waals surface area (Å²) in [4.78, 5) is 24.7. The Morgan fingerprint density at radius 1 is 0.884 bits per heavy atom. The van der Waals surface area contributed by atoms with E-state index in [1.54, 1.807) is 30.3 Å². The summed E-state index contributed by atoms with van der Waals surface area (Å²) in [6, 6.07) is 20.9. The van der Waals surface area contributed by atoms with Gasteiger partial charge in [0.2, 0.25) is 0 Å². The number of benzene rings is 3. The number of nitrogens with zero attached hydrogens (tertiary/aromatic N) is 1. The molecule has 4 saturated carbocycles. The number of methoxy groups -OCH3 is 1. The molecule has 2 amide bonds. The highest BCUT2D eigenvalue weighted by atomic mass is 79.9. The Labute approximate surface area is 260 Å². The molecule has 9 heteroatoms. The van der Waals surface area contributed by atoms with Crippen LogP contribution in [-0.4, -0.2) is 38.4 Å². The number of carbonyl (C=O) groups excluding carboxylic acids is 2. The Balaban J connectivity index is 0.974. The van der Waals surface area contributed by atoms with Gasteiger partial charge in [-0.15, -0.1) is 0 Å². The van der Waals surface area contributed by atoms with Gasteiger partial charge in [-0.2, -0.15) is 5.10 Å². The lowest BCUT2D eigenvalue weighted by molar-refractivity contribution is -0.123. The van der Waals surface area contributed by atoms with Crippen LogP contribution < -0.4 is 25.0 Å². The van der Waals surface area contributed by atoms with Crippen molar-refractivity contribution >= 4 is 39.6 Å². The Bertz CT molecular complexity index is 1470. The number of amides is 2. The zero-order valence-corrected chi connectivity index (χ0v) is 25.8. The molecule has 0 unspecified atom stereocenters. The van der Waals surface area contributed by atoms with E-state index in [9.17, 15) is 9.59 Å². The first-order valence-corrected chi connectivity index (χ1v) is 15.6. The molecule has 2 N–H and O–H groups in total. The Kier molecular flexibility index (Phi) is 8.70. The molecule has 8 nitrogen and oxygen atoms in total. The quantitative estimate of drug-likeness (QED) is 0.184. The van der Waals surface area contributed by atoms with E-state index in [0.29, 0.717) is 28.2 Å². The number of hydrogen-bond donors (Lipinski definition) is 2. The van der Waals surface area contributed by atoms with Gasteiger partial charge in [0.05, 0.1) is 13.3 Å². The third kappa shape index (κ3) is 7.04. The Hall–Kier alpha value is -3.85. The Morgan fingerprint density at radius 2 is 1.58 bits per heavy atom. The van der Waals surface area contributed by atoms with Gasteiger partial charge in [0.15, 0.2) is 24.7 Å². The molecule has 0 radical (unpaired) electrons. The molecule has 0 aliphatic heterocycles. The molecule has 0 heterocycles. The zero-order chi connectivity index (χ0) is 29.8. The zero-order valence-electron chi connectivity index (χ0n) is 24.2. The van der Waals surface area contributed by atoms with Gasteiger partial charge in [0.25, 0.3) is 11.8 Å². The molecule has 0 aromatic heterocycles. The fraction of sp³-hybridized carbons (Fsp3) is 0.382. The summed E-state index contributed by atoms with van der Waals surface area (Å²) in [6.07, 6.45) is 9.74. The van der Waals surface area contributed by atoms with Crippen molar-refractivity contribution in [1.29, 1.82) is 0 Å². The van der Waals surface area contributed by atoms with Crippen LogP contribution in [0.25, 0.3) is 0 Å². The van der Waals surface area contributed by atoms with Crippen molar-refractivity contribution in [3.05, 3.63) is 82.3 Å². The van der Waals surface area contributed by atoms with Crippen LogP contribution in [-0.2, 0) is 15.0 Å². The molecule has 0 spiro atoms. The number of carbonyl (C=O) groups is 2. The molecule has 7 rings (SSSR count). The highest BCUT2D eigenvalue weighted by Gasteiger charge is 2.51. The van der Waals surface area contributed by atoms with Crippen molar-refractivity contribution in [2.75, 3.05) is 25.6 Å². The van der Waals surface area contributed by atoms with Crippen molar-refractivity contribution in [3.63, 3.8) is 0 Å². The Morgan fingerprint density at radius 3 is 2.26 bits per heavy atom. The fourth-order valence-electron chi connectivity index (χ4n) is 7.51. The van der Waals surface area contributed by atoms with Crippen LogP contribution in [0.2, 0.25) is 0 Å². The molecule has 0 atom stereocenters. The molecular formula is C34H36BrN3O5. The molecule has 4 bridgehead atoms. The average molecular weight is 647 g/mol. The van der Waals surface area contributed by atoms with Gasteiger partial charge >= 0.3 is 0 Å². The van der Waals surface area contributed by atoms with Crippen LogP contribution in [0.5, 0.6) is 17.2 Å². The first kappa shape index (κ1) is 29.2. The van der Waals surface area contributed by atoms with Crippen LogP contribution in [0.1, 0.15) is 49.7 Å². The van der Waals surface area contributed by atoms with Crippen LogP contribution >= 0.6 is 15.9 Å². The lowest BCUT2D eigenvalue weighted by Crippen LogP contribution is -2.48. The van der Waals surface area contributed by atoms with Crippen molar-refractivity contribution in [2.45, 2.75) is 43.9 Å². The second-order valence-electron chi connectivity index (χ2n) is 12.1. The second kappa shape index (κ2) is 12.8. The van der Waals surface area contributed by atoms with Gasteiger partial charge in [-0.3, -0.25) is 9.59 Å². The van der Waals surface area contributed by atoms with Gasteiger partial charge < -0.3 is 19.5 Å². The van der Waals surface area contributed by atoms with Crippen molar-refractivity contribution < 1.29 is 23.8 Å². The third-order valence-corrected chi connectivity index (χ3v) is 9.43. The van der Waals surface area contributed by atoms with E-state index in [4.69, 9.17) is 14.2 Å². The maximum atomic E-state index is 12.7. The summed E-state index contributed by atoms with van der Waals surface area (Å²) in [6.45, 7) is -0.327. The minimum absolute atomic E-state index is 0.158. The highest BCUT2D eigenvalue weighted by molar-refractivity contribution is 9.10. The topological polar surface area (TPSA) is 98.2 Å². The summed E-state index contributed by atoms with van der Waals surface area (Å²) in [5, 5.41) is 6.93. The molecular weight excluding hydrogens is 610 g/mol. The largest absolute Gasteiger partial charge is 0.493 e. The summed E-state index contributed by atoms with van der Waals surface area (Å²) in [5.41, 5.74) is 5.66. The number of ether oxygens (including phenoxy) is 3. The summed E-state index contributed by atoms with van der Waals surface area (Å²) in [7, 11) is 1.52. The van der Waals surface area contributed by atoms with Gasteiger partial charge in [0.1, 0.15) is 5.75 Å². The summed E-state index contributed by atoms with van der Waals surface area (Å²) >= 11 is 3.36. The van der Waals surface area contributed by atoms with Crippen molar-refractivity contribution in [3.8, 4) is 17.2 Å². The van der Waals surface area contributed by atoms with Gasteiger partial charge in [-0.05, 0) is 121 Å². The number of rotatable bonds is 11. The van der Waals surface area contributed by atoms with E-state index >= 15 is 0 Å². The van der Waals surface area contributed by atoms with Crippen molar-refractivity contribution in [2.24, 2.45) is 22.9 Å². The highest BCUT2D eigenvalue weighted by Crippen LogP contribution is 2.60. The lowest BCUT2D eigenvalue weighted by Gasteiger charge is -2.57. The van der Waals surface area contributed by atoms with Crippen LogP contribution in [0.4, 0.5) is 5.69 Å². The number of halogens is 1. The fourth-order valence-corrected chi connectivity index (χ4v) is 7.89. The molecule has 3 aromatic carbocycles. The van der Waals surface area contributed by atoms with E-state index in [1.165, 1.54) is 57.4 Å². The SMILES string of the molecule is COc1cc(/C=N/NC(=O)COc2cccc(Br)c2)ccc1OCC(=O)Nc1ccc(C23CC4CC(CC(C4)C2)C3)cc1. The van der Waals surface area contributed by atoms with E-state index in [1.807, 2.05) is 24.3 Å². The van der Waals surface area contributed by atoms with E-state index in [-0.39, 0.29) is 19.1 Å². The number of hydrogen-bond acceptors (Lipinski definition) is 6. The maximum Gasteiger partial charge on any atom is 0.277 e. The monoisotopic (exact) mass is 645 g/mol. The summed E-state index contributed by atoms with van der Waals surface area (Å²) in [5.74, 6) is 3.51. The van der Waals surface area contributed by atoms with Gasteiger partial charge in [-0.25, -0.2) is 5.43 Å². The average Bonchev–Trinajstić information content (AvgIpc) is 2.99. The normalized spacial score (nSPS) is 23.6. The van der Waals surface area contributed by atoms with Gasteiger partial charge in [-0.1, -0.05) is 34.1 Å². The predicted octanol–water partition coefficient (Wildman–Crippen LogP) is 6.47. The second-order valence-corrected chi connectivity index (χ2v) is 13.0. The minimum Gasteiger partial charge on any atom is -0.493 e. The van der Waals surface area contributed by atoms with Crippen molar-refractivity contribution in [1.82, 2.24) is 5.43 Å². The molecule has 0 saturated heterocycles. The lowest BCUT2D eigenvalue weighted by atomic mass is 9.48. The predicted molar refractivity (Wildman–Crippen MR) is 169 cm³/mol. The van der Waals surface area contributed by atoms with Crippen LogP contribution in [0.15, 0.2) is 76.3 Å². The van der Waals surface area contributed by atoms with E-state index < -0.39 is 5.91 Å². The molecule has 3 aromatic rings. The maximum absolute atomic E-state index is 12.7. The molecule has 4 fully saturated rings. The molecule has 43 heavy (non-hydrogen) atoms. The summed E-state index contributed by atoms with van der Waals surface area (Å²) < 4.78 is 17.5.